The summed E-state index contributed by atoms with van der Waals surface area (Å²) in [5, 5.41) is 6.91. The molecule has 1 N–H and O–H groups in total. The van der Waals surface area contributed by atoms with Crippen LogP contribution in [0.1, 0.15) is 15.9 Å². The van der Waals surface area contributed by atoms with Gasteiger partial charge in [0.05, 0.1) is 7.11 Å². The molecule has 3 aromatic rings. The predicted octanol–water partition coefficient (Wildman–Crippen LogP) is 1.79. The first-order valence-corrected chi connectivity index (χ1v) is 9.84. The topological polar surface area (TPSA) is 88.4 Å². The molecule has 1 fully saturated rings. The molecule has 4 rings (SSSR count). The minimum absolute atomic E-state index is 0.277. The summed E-state index contributed by atoms with van der Waals surface area (Å²) in [4.78, 5) is 25.8. The molecule has 0 saturated carbocycles. The van der Waals surface area contributed by atoms with E-state index in [1.807, 2.05) is 6.07 Å². The van der Waals surface area contributed by atoms with Crippen molar-refractivity contribution in [2.45, 2.75) is 6.54 Å². The van der Waals surface area contributed by atoms with E-state index in [0.717, 1.165) is 38.5 Å². The standard InChI is InChI=1S/C21H25N7O2/c1-26-14-17(21(25-26)30-2)20(29)24-18-12-19(23-15-22-18)28-10-8-27(9-11-28)13-16-6-4-3-5-7-16/h3-7,12,14-15H,8-11,13H2,1-2H3,(H,22,23,24,29). The molecule has 156 valence electrons. The Bertz CT molecular complexity index is 998. The number of hydrogen-bond donors (Lipinski definition) is 1. The Labute approximate surface area is 175 Å². The first kappa shape index (κ1) is 19.8. The van der Waals surface area contributed by atoms with E-state index in [1.54, 1.807) is 19.3 Å². The van der Waals surface area contributed by atoms with E-state index >= 15 is 0 Å². The highest BCUT2D eigenvalue weighted by atomic mass is 16.5. The number of aromatic nitrogens is 4. The molecule has 0 atom stereocenters. The van der Waals surface area contributed by atoms with Gasteiger partial charge in [-0.25, -0.2) is 9.97 Å². The number of carbonyl (C=O) groups excluding carboxylic acids is 1. The molecule has 0 bridgehead atoms. The maximum absolute atomic E-state index is 12.6. The fourth-order valence-corrected chi connectivity index (χ4v) is 3.52. The molecule has 0 aliphatic carbocycles. The van der Waals surface area contributed by atoms with E-state index in [1.165, 1.54) is 23.7 Å². The molecule has 0 spiro atoms. The van der Waals surface area contributed by atoms with Gasteiger partial charge in [0.15, 0.2) is 0 Å². The molecular weight excluding hydrogens is 382 g/mol. The summed E-state index contributed by atoms with van der Waals surface area (Å²) in [6.45, 7) is 4.59. The zero-order valence-electron chi connectivity index (χ0n) is 17.2. The van der Waals surface area contributed by atoms with Gasteiger partial charge in [-0.2, -0.15) is 0 Å². The molecule has 2 aromatic heterocycles. The lowest BCUT2D eigenvalue weighted by Crippen LogP contribution is -2.46. The average Bonchev–Trinajstić information content (AvgIpc) is 3.16. The number of ether oxygens (including phenoxy) is 1. The van der Waals surface area contributed by atoms with E-state index in [-0.39, 0.29) is 11.8 Å². The number of nitrogens with zero attached hydrogens (tertiary/aromatic N) is 6. The van der Waals surface area contributed by atoms with Gasteiger partial charge < -0.3 is 15.0 Å². The van der Waals surface area contributed by atoms with Crippen LogP contribution in [0.25, 0.3) is 0 Å². The zero-order valence-corrected chi connectivity index (χ0v) is 17.2. The Morgan fingerprint density at radius 3 is 2.63 bits per heavy atom. The fraction of sp³-hybridized carbons (Fsp3) is 0.333. The van der Waals surface area contributed by atoms with Gasteiger partial charge in [0.2, 0.25) is 5.88 Å². The van der Waals surface area contributed by atoms with Gasteiger partial charge >= 0.3 is 0 Å². The van der Waals surface area contributed by atoms with Gasteiger partial charge in [0.1, 0.15) is 23.5 Å². The first-order chi connectivity index (χ1) is 14.6. The fourth-order valence-electron chi connectivity index (χ4n) is 3.52. The minimum Gasteiger partial charge on any atom is -0.479 e. The van der Waals surface area contributed by atoms with Gasteiger partial charge in [-0.3, -0.25) is 14.4 Å². The lowest BCUT2D eigenvalue weighted by Gasteiger charge is -2.35. The van der Waals surface area contributed by atoms with Gasteiger partial charge in [-0.05, 0) is 5.56 Å². The summed E-state index contributed by atoms with van der Waals surface area (Å²) in [6.07, 6.45) is 3.09. The largest absolute Gasteiger partial charge is 0.479 e. The van der Waals surface area contributed by atoms with Crippen LogP contribution >= 0.6 is 0 Å². The lowest BCUT2D eigenvalue weighted by atomic mass is 10.2. The highest BCUT2D eigenvalue weighted by Gasteiger charge is 2.20. The third kappa shape index (κ3) is 4.57. The number of anilines is 2. The molecule has 1 aromatic carbocycles. The third-order valence-corrected chi connectivity index (χ3v) is 5.07. The van der Waals surface area contributed by atoms with Crippen molar-refractivity contribution in [1.29, 1.82) is 0 Å². The molecule has 1 amide bonds. The van der Waals surface area contributed by atoms with E-state index in [0.29, 0.717) is 11.4 Å². The number of rotatable bonds is 6. The molecule has 30 heavy (non-hydrogen) atoms. The van der Waals surface area contributed by atoms with Crippen molar-refractivity contribution in [1.82, 2.24) is 24.6 Å². The summed E-state index contributed by atoms with van der Waals surface area (Å²) in [5.41, 5.74) is 1.68. The summed E-state index contributed by atoms with van der Waals surface area (Å²) in [5.74, 6) is 1.21. The quantitative estimate of drug-likeness (QED) is 0.666. The predicted molar refractivity (Wildman–Crippen MR) is 114 cm³/mol. The van der Waals surface area contributed by atoms with Crippen LogP contribution in [-0.2, 0) is 13.6 Å². The van der Waals surface area contributed by atoms with Crippen molar-refractivity contribution >= 4 is 17.5 Å². The molecule has 9 heteroatoms. The van der Waals surface area contributed by atoms with Crippen LogP contribution in [-0.4, -0.2) is 63.8 Å². The number of amides is 1. The zero-order chi connectivity index (χ0) is 20.9. The van der Waals surface area contributed by atoms with Crippen LogP contribution < -0.4 is 15.0 Å². The van der Waals surface area contributed by atoms with Crippen LogP contribution in [0.5, 0.6) is 5.88 Å². The number of aryl methyl sites for hydroxylation is 1. The van der Waals surface area contributed by atoms with Crippen molar-refractivity contribution in [3.05, 3.63) is 60.0 Å². The van der Waals surface area contributed by atoms with Crippen LogP contribution in [0.4, 0.5) is 11.6 Å². The summed E-state index contributed by atoms with van der Waals surface area (Å²) >= 11 is 0. The van der Waals surface area contributed by atoms with Crippen molar-refractivity contribution in [3.8, 4) is 5.88 Å². The summed E-state index contributed by atoms with van der Waals surface area (Å²) in [7, 11) is 3.22. The first-order valence-electron chi connectivity index (χ1n) is 9.84. The number of nitrogens with one attached hydrogen (secondary N) is 1. The van der Waals surface area contributed by atoms with E-state index in [2.05, 4.69) is 54.4 Å². The Balaban J connectivity index is 1.37. The van der Waals surface area contributed by atoms with Crippen molar-refractivity contribution in [2.75, 3.05) is 43.5 Å². The molecule has 3 heterocycles. The average molecular weight is 407 g/mol. The highest BCUT2D eigenvalue weighted by molar-refractivity contribution is 6.05. The maximum atomic E-state index is 12.6. The molecule has 9 nitrogen and oxygen atoms in total. The van der Waals surface area contributed by atoms with Gasteiger partial charge in [-0.15, -0.1) is 5.10 Å². The number of piperazine rings is 1. The van der Waals surface area contributed by atoms with Crippen molar-refractivity contribution < 1.29 is 9.53 Å². The monoisotopic (exact) mass is 407 g/mol. The number of methoxy groups -OCH3 is 1. The van der Waals surface area contributed by atoms with Gasteiger partial charge in [0, 0.05) is 52.0 Å². The molecule has 1 saturated heterocycles. The molecule has 1 aliphatic heterocycles. The lowest BCUT2D eigenvalue weighted by molar-refractivity contribution is 0.102. The second-order valence-corrected chi connectivity index (χ2v) is 7.19. The smallest absolute Gasteiger partial charge is 0.263 e. The Morgan fingerprint density at radius 2 is 1.90 bits per heavy atom. The SMILES string of the molecule is COc1nn(C)cc1C(=O)Nc1cc(N2CCN(Cc3ccccc3)CC2)ncn1. The number of hydrogen-bond acceptors (Lipinski definition) is 7. The second kappa shape index (κ2) is 8.91. The Morgan fingerprint density at radius 1 is 1.13 bits per heavy atom. The molecule has 0 unspecified atom stereocenters. The van der Waals surface area contributed by atoms with Gasteiger partial charge in [0.25, 0.3) is 5.91 Å². The van der Waals surface area contributed by atoms with E-state index in [9.17, 15) is 4.79 Å². The number of carbonyl (C=O) groups is 1. The summed E-state index contributed by atoms with van der Waals surface area (Å²) < 4.78 is 6.69. The highest BCUT2D eigenvalue weighted by Crippen LogP contribution is 2.20. The second-order valence-electron chi connectivity index (χ2n) is 7.19. The Hall–Kier alpha value is -3.46. The third-order valence-electron chi connectivity index (χ3n) is 5.07. The molecule has 1 aliphatic rings. The van der Waals surface area contributed by atoms with Crippen LogP contribution in [0.2, 0.25) is 0 Å². The number of benzene rings is 1. The molecule has 0 radical (unpaired) electrons. The normalized spacial score (nSPS) is 14.5. The van der Waals surface area contributed by atoms with E-state index < -0.39 is 0 Å². The van der Waals surface area contributed by atoms with Gasteiger partial charge in [-0.1, -0.05) is 30.3 Å². The Kier molecular flexibility index (Phi) is 5.89. The summed E-state index contributed by atoms with van der Waals surface area (Å²) in [6, 6.07) is 12.3. The van der Waals surface area contributed by atoms with Crippen molar-refractivity contribution in [2.24, 2.45) is 7.05 Å². The van der Waals surface area contributed by atoms with Crippen LogP contribution in [0.15, 0.2) is 48.9 Å². The van der Waals surface area contributed by atoms with Crippen LogP contribution in [0, 0.1) is 0 Å². The molecular formula is C21H25N7O2. The van der Waals surface area contributed by atoms with Crippen LogP contribution in [0.3, 0.4) is 0 Å². The van der Waals surface area contributed by atoms with E-state index in [4.69, 9.17) is 4.74 Å². The maximum Gasteiger partial charge on any atom is 0.263 e. The van der Waals surface area contributed by atoms with Crippen molar-refractivity contribution in [3.63, 3.8) is 0 Å². The minimum atomic E-state index is -0.322.